The number of carbonyl (C=O) groups excluding carboxylic acids is 1. The van der Waals surface area contributed by atoms with Crippen molar-refractivity contribution in [2.45, 2.75) is 26.1 Å². The molecule has 1 aromatic carbocycles. The van der Waals surface area contributed by atoms with E-state index in [1.807, 2.05) is 13.0 Å². The van der Waals surface area contributed by atoms with Crippen molar-refractivity contribution in [3.05, 3.63) is 65.0 Å². The maximum Gasteiger partial charge on any atom is 0.433 e. The van der Waals surface area contributed by atoms with Crippen LogP contribution in [0.25, 0.3) is 0 Å². The van der Waals surface area contributed by atoms with E-state index in [1.165, 1.54) is 4.90 Å². The molecule has 2 aromatic rings. The Hall–Kier alpha value is -2.88. The zero-order valence-electron chi connectivity index (χ0n) is 13.7. The van der Waals surface area contributed by atoms with Gasteiger partial charge in [-0.3, -0.25) is 9.78 Å². The van der Waals surface area contributed by atoms with Gasteiger partial charge in [0.1, 0.15) is 5.69 Å². The molecule has 7 heteroatoms. The highest BCUT2D eigenvalue weighted by molar-refractivity contribution is 5.94. The van der Waals surface area contributed by atoms with Crippen molar-refractivity contribution in [2.75, 3.05) is 6.54 Å². The van der Waals surface area contributed by atoms with Gasteiger partial charge in [0.15, 0.2) is 0 Å². The zero-order chi connectivity index (χ0) is 18.6. The highest BCUT2D eigenvalue weighted by Crippen LogP contribution is 2.28. The number of halogens is 3. The Bertz CT molecular complexity index is 777. The Morgan fingerprint density at radius 3 is 2.32 bits per heavy atom. The summed E-state index contributed by atoms with van der Waals surface area (Å²) in [7, 11) is 0. The normalized spacial score (nSPS) is 12.3. The Morgan fingerprint density at radius 2 is 1.88 bits per heavy atom. The maximum absolute atomic E-state index is 12.6. The first-order chi connectivity index (χ1) is 11.8. The minimum absolute atomic E-state index is 0.0929. The summed E-state index contributed by atoms with van der Waals surface area (Å²) in [5.41, 5.74) is 0.397. The lowest BCUT2D eigenvalue weighted by molar-refractivity contribution is -0.141. The lowest BCUT2D eigenvalue weighted by Crippen LogP contribution is -2.33. The second-order valence-electron chi connectivity index (χ2n) is 5.43. The van der Waals surface area contributed by atoms with Gasteiger partial charge in [-0.25, -0.2) is 0 Å². The standard InChI is InChI=1S/C18H16F3N3O/c1-3-24(12(2)14-6-4-13(10-22)5-7-14)17(25)15-8-9-16(23-11-15)18(19,20)21/h4-9,11-12H,3H2,1-2H3. The number of pyridine rings is 1. The van der Waals surface area contributed by atoms with Crippen LogP contribution in [0.5, 0.6) is 0 Å². The van der Waals surface area contributed by atoms with Gasteiger partial charge in [-0.1, -0.05) is 12.1 Å². The molecular weight excluding hydrogens is 331 g/mol. The van der Waals surface area contributed by atoms with E-state index in [0.717, 1.165) is 23.9 Å². The summed E-state index contributed by atoms with van der Waals surface area (Å²) in [6.45, 7) is 3.98. The molecule has 0 spiro atoms. The Kier molecular flexibility index (Phi) is 5.42. The highest BCUT2D eigenvalue weighted by atomic mass is 19.4. The van der Waals surface area contributed by atoms with Crippen LogP contribution in [0.1, 0.15) is 47.1 Å². The zero-order valence-corrected chi connectivity index (χ0v) is 13.7. The minimum Gasteiger partial charge on any atom is -0.332 e. The van der Waals surface area contributed by atoms with E-state index in [1.54, 1.807) is 31.2 Å². The Balaban J connectivity index is 2.23. The fraction of sp³-hybridized carbons (Fsp3) is 0.278. The third-order valence-corrected chi connectivity index (χ3v) is 3.89. The molecule has 1 heterocycles. The molecule has 0 saturated heterocycles. The van der Waals surface area contributed by atoms with Gasteiger partial charge >= 0.3 is 6.18 Å². The van der Waals surface area contributed by atoms with E-state index < -0.39 is 17.8 Å². The second-order valence-corrected chi connectivity index (χ2v) is 5.43. The molecule has 1 atom stereocenters. The first-order valence-corrected chi connectivity index (χ1v) is 7.62. The fourth-order valence-electron chi connectivity index (χ4n) is 2.46. The summed E-state index contributed by atoms with van der Waals surface area (Å²) in [6.07, 6.45) is -3.60. The molecule has 25 heavy (non-hydrogen) atoms. The minimum atomic E-state index is -4.54. The smallest absolute Gasteiger partial charge is 0.332 e. The summed E-state index contributed by atoms with van der Waals surface area (Å²) >= 11 is 0. The molecule has 0 aliphatic heterocycles. The second kappa shape index (κ2) is 7.34. The van der Waals surface area contributed by atoms with Gasteiger partial charge in [-0.2, -0.15) is 18.4 Å². The van der Waals surface area contributed by atoms with Crippen LogP contribution in [-0.4, -0.2) is 22.3 Å². The summed E-state index contributed by atoms with van der Waals surface area (Å²) in [6, 6.07) is 10.5. The molecule has 2 rings (SSSR count). The van der Waals surface area contributed by atoms with Crippen molar-refractivity contribution < 1.29 is 18.0 Å². The summed E-state index contributed by atoms with van der Waals surface area (Å²) in [5, 5.41) is 8.84. The number of carbonyl (C=O) groups is 1. The van der Waals surface area contributed by atoms with Crippen LogP contribution < -0.4 is 0 Å². The average molecular weight is 347 g/mol. The van der Waals surface area contributed by atoms with E-state index >= 15 is 0 Å². The van der Waals surface area contributed by atoms with E-state index in [2.05, 4.69) is 4.98 Å². The van der Waals surface area contributed by atoms with Gasteiger partial charge in [-0.15, -0.1) is 0 Å². The number of aromatic nitrogens is 1. The average Bonchev–Trinajstić information content (AvgIpc) is 2.61. The molecule has 1 aromatic heterocycles. The predicted octanol–water partition coefficient (Wildman–Crippen LogP) is 4.20. The summed E-state index contributed by atoms with van der Waals surface area (Å²) < 4.78 is 37.7. The van der Waals surface area contributed by atoms with Crippen molar-refractivity contribution in [3.8, 4) is 6.07 Å². The lowest BCUT2D eigenvalue weighted by Gasteiger charge is -2.28. The van der Waals surface area contributed by atoms with Gasteiger partial charge in [0.05, 0.1) is 23.2 Å². The molecule has 0 N–H and O–H groups in total. The number of nitrogens with zero attached hydrogens (tertiary/aromatic N) is 3. The third kappa shape index (κ3) is 4.15. The largest absolute Gasteiger partial charge is 0.433 e. The molecule has 0 radical (unpaired) electrons. The lowest BCUT2D eigenvalue weighted by atomic mass is 10.0. The van der Waals surface area contributed by atoms with Crippen molar-refractivity contribution in [2.24, 2.45) is 0 Å². The van der Waals surface area contributed by atoms with E-state index in [9.17, 15) is 18.0 Å². The Morgan fingerprint density at radius 1 is 1.24 bits per heavy atom. The molecule has 1 unspecified atom stereocenters. The first kappa shape index (κ1) is 18.5. The Labute approximate surface area is 143 Å². The fourth-order valence-corrected chi connectivity index (χ4v) is 2.46. The molecule has 1 amide bonds. The molecule has 0 aliphatic rings. The topological polar surface area (TPSA) is 57.0 Å². The van der Waals surface area contributed by atoms with Crippen LogP contribution in [0.3, 0.4) is 0 Å². The van der Waals surface area contributed by atoms with Crippen LogP contribution in [0.2, 0.25) is 0 Å². The van der Waals surface area contributed by atoms with Crippen molar-refractivity contribution in [1.29, 1.82) is 5.26 Å². The van der Waals surface area contributed by atoms with Gasteiger partial charge in [0.2, 0.25) is 0 Å². The van der Waals surface area contributed by atoms with E-state index in [-0.39, 0.29) is 11.6 Å². The number of rotatable bonds is 4. The quantitative estimate of drug-likeness (QED) is 0.833. The third-order valence-electron chi connectivity index (χ3n) is 3.89. The number of nitriles is 1. The molecule has 0 fully saturated rings. The molecule has 0 bridgehead atoms. The van der Waals surface area contributed by atoms with Gasteiger partial charge in [-0.05, 0) is 43.7 Å². The highest BCUT2D eigenvalue weighted by Gasteiger charge is 2.32. The summed E-state index contributed by atoms with van der Waals surface area (Å²) in [5.74, 6) is -0.402. The maximum atomic E-state index is 12.6. The van der Waals surface area contributed by atoms with Crippen LogP contribution >= 0.6 is 0 Å². The van der Waals surface area contributed by atoms with E-state index in [4.69, 9.17) is 5.26 Å². The van der Waals surface area contributed by atoms with Crippen LogP contribution in [0, 0.1) is 11.3 Å². The van der Waals surface area contributed by atoms with E-state index in [0.29, 0.717) is 12.1 Å². The number of amides is 1. The van der Waals surface area contributed by atoms with Crippen molar-refractivity contribution in [1.82, 2.24) is 9.88 Å². The number of hydrogen-bond acceptors (Lipinski definition) is 3. The van der Waals surface area contributed by atoms with Crippen molar-refractivity contribution >= 4 is 5.91 Å². The van der Waals surface area contributed by atoms with Gasteiger partial charge in [0.25, 0.3) is 5.91 Å². The molecule has 4 nitrogen and oxygen atoms in total. The van der Waals surface area contributed by atoms with Gasteiger partial charge < -0.3 is 4.90 Å². The van der Waals surface area contributed by atoms with Crippen LogP contribution in [-0.2, 0) is 6.18 Å². The molecule has 0 aliphatic carbocycles. The van der Waals surface area contributed by atoms with Crippen molar-refractivity contribution in [3.63, 3.8) is 0 Å². The molecular formula is C18H16F3N3O. The van der Waals surface area contributed by atoms with Crippen LogP contribution in [0.15, 0.2) is 42.6 Å². The number of alkyl halides is 3. The van der Waals surface area contributed by atoms with Crippen LogP contribution in [0.4, 0.5) is 13.2 Å². The van der Waals surface area contributed by atoms with Gasteiger partial charge in [0, 0.05) is 12.7 Å². The monoisotopic (exact) mass is 347 g/mol. The SMILES string of the molecule is CCN(C(=O)c1ccc(C(F)(F)F)nc1)C(C)c1ccc(C#N)cc1. The first-order valence-electron chi connectivity index (χ1n) is 7.62. The summed E-state index contributed by atoms with van der Waals surface area (Å²) in [4.78, 5) is 17.5. The number of benzene rings is 1. The molecule has 130 valence electrons. The predicted molar refractivity (Wildman–Crippen MR) is 85.5 cm³/mol. The molecule has 0 saturated carbocycles. The number of hydrogen-bond donors (Lipinski definition) is 0.